The molecule has 0 bridgehead atoms. The zero-order valence-corrected chi connectivity index (χ0v) is 14.5. The third-order valence-electron chi connectivity index (χ3n) is 4.88. The minimum absolute atomic E-state index is 0.0578. The molecule has 3 N–H and O–H groups in total. The Kier molecular flexibility index (Phi) is 5.16. The van der Waals surface area contributed by atoms with Gasteiger partial charge in [0.25, 0.3) is 5.91 Å². The van der Waals surface area contributed by atoms with Crippen LogP contribution < -0.4 is 10.6 Å². The lowest BCUT2D eigenvalue weighted by molar-refractivity contribution is -0.676. The van der Waals surface area contributed by atoms with Crippen molar-refractivity contribution in [3.05, 3.63) is 71.8 Å². The van der Waals surface area contributed by atoms with Crippen LogP contribution in [0.3, 0.4) is 0 Å². The molecule has 1 atom stereocenters. The number of amides is 1. The van der Waals surface area contributed by atoms with Crippen molar-refractivity contribution in [1.82, 2.24) is 5.32 Å². The Morgan fingerprint density at radius 2 is 1.68 bits per heavy atom. The van der Waals surface area contributed by atoms with Gasteiger partial charge in [-0.2, -0.15) is 5.26 Å². The number of nitrogens with zero attached hydrogens (tertiary/aromatic N) is 1. The highest BCUT2D eigenvalue weighted by Gasteiger charge is 2.43. The van der Waals surface area contributed by atoms with E-state index >= 15 is 0 Å². The number of nitrogens with one attached hydrogen (secondary N) is 1. The minimum atomic E-state index is -0.736. The number of hydrogen-bond acceptors (Lipinski definition) is 2. The molecule has 1 amide bonds. The van der Waals surface area contributed by atoms with Gasteiger partial charge in [-0.15, -0.1) is 0 Å². The van der Waals surface area contributed by atoms with E-state index < -0.39 is 5.54 Å². The Bertz CT molecular complexity index is 710. The van der Waals surface area contributed by atoms with Crippen molar-refractivity contribution in [3.8, 4) is 6.07 Å². The molecule has 3 rings (SSSR count). The van der Waals surface area contributed by atoms with Gasteiger partial charge in [-0.25, -0.2) is 0 Å². The Hall–Kier alpha value is -2.64. The Balaban J connectivity index is 1.69. The summed E-state index contributed by atoms with van der Waals surface area (Å²) in [7, 11) is 0. The van der Waals surface area contributed by atoms with Gasteiger partial charge in [-0.1, -0.05) is 60.7 Å². The molecule has 4 heteroatoms. The van der Waals surface area contributed by atoms with Crippen molar-refractivity contribution in [2.24, 2.45) is 5.92 Å². The fraction of sp³-hybridized carbons (Fsp3) is 0.333. The van der Waals surface area contributed by atoms with Crippen LogP contribution in [0.4, 0.5) is 0 Å². The molecule has 2 aromatic rings. The van der Waals surface area contributed by atoms with Crippen LogP contribution in [0.25, 0.3) is 0 Å². The van der Waals surface area contributed by atoms with Gasteiger partial charge in [0.2, 0.25) is 0 Å². The average Bonchev–Trinajstić information content (AvgIpc) is 3.49. The first-order valence-electron chi connectivity index (χ1n) is 8.78. The van der Waals surface area contributed by atoms with Gasteiger partial charge in [-0.3, -0.25) is 4.79 Å². The molecule has 4 nitrogen and oxygen atoms in total. The zero-order valence-electron chi connectivity index (χ0n) is 14.5. The van der Waals surface area contributed by atoms with Gasteiger partial charge in [0, 0.05) is 11.1 Å². The number of hydrogen-bond donors (Lipinski definition) is 2. The van der Waals surface area contributed by atoms with Gasteiger partial charge in [0.15, 0.2) is 6.54 Å². The first kappa shape index (κ1) is 17.2. The van der Waals surface area contributed by atoms with Crippen LogP contribution >= 0.6 is 0 Å². The van der Waals surface area contributed by atoms with Gasteiger partial charge in [-0.05, 0) is 25.7 Å². The van der Waals surface area contributed by atoms with Crippen molar-refractivity contribution in [3.63, 3.8) is 0 Å². The summed E-state index contributed by atoms with van der Waals surface area (Å²) in [6.07, 6.45) is 2.04. The van der Waals surface area contributed by atoms with Crippen molar-refractivity contribution in [2.75, 3.05) is 6.54 Å². The molecule has 2 aromatic carbocycles. The van der Waals surface area contributed by atoms with Gasteiger partial charge in [0.05, 0.1) is 6.07 Å². The maximum atomic E-state index is 12.4. The monoisotopic (exact) mass is 334 g/mol. The van der Waals surface area contributed by atoms with Crippen LogP contribution in [0.5, 0.6) is 0 Å². The van der Waals surface area contributed by atoms with Crippen LogP contribution in [0.1, 0.15) is 36.9 Å². The molecule has 0 aromatic heterocycles. The maximum Gasteiger partial charge on any atom is 0.276 e. The van der Waals surface area contributed by atoms with E-state index in [1.807, 2.05) is 48.6 Å². The molecule has 1 aliphatic rings. The third-order valence-corrected chi connectivity index (χ3v) is 4.88. The Labute approximate surface area is 148 Å². The molecule has 1 fully saturated rings. The molecule has 0 radical (unpaired) electrons. The molecule has 0 saturated heterocycles. The van der Waals surface area contributed by atoms with Gasteiger partial charge >= 0.3 is 0 Å². The molecule has 1 aliphatic carbocycles. The molecular formula is C21H24N3O+. The zero-order chi connectivity index (χ0) is 17.7. The van der Waals surface area contributed by atoms with E-state index in [9.17, 15) is 10.1 Å². The molecule has 0 spiro atoms. The van der Waals surface area contributed by atoms with Crippen LogP contribution in [0.2, 0.25) is 0 Å². The predicted molar refractivity (Wildman–Crippen MR) is 96.4 cm³/mol. The van der Waals surface area contributed by atoms with Crippen LogP contribution in [-0.4, -0.2) is 18.0 Å². The fourth-order valence-electron chi connectivity index (χ4n) is 3.23. The quantitative estimate of drug-likeness (QED) is 0.814. The summed E-state index contributed by atoms with van der Waals surface area (Å²) >= 11 is 0. The summed E-state index contributed by atoms with van der Waals surface area (Å²) in [5, 5.41) is 14.4. The lowest BCUT2D eigenvalue weighted by atomic mass is 9.97. The van der Waals surface area contributed by atoms with Crippen molar-refractivity contribution < 1.29 is 10.1 Å². The number of nitriles is 1. The van der Waals surface area contributed by atoms with Crippen LogP contribution in [-0.2, 0) is 4.79 Å². The fourth-order valence-corrected chi connectivity index (χ4v) is 3.23. The number of quaternary nitrogens is 1. The number of carbonyl (C=O) groups excluding carboxylic acids is 1. The first-order chi connectivity index (χ1) is 12.1. The molecule has 25 heavy (non-hydrogen) atoms. The summed E-state index contributed by atoms with van der Waals surface area (Å²) < 4.78 is 0. The maximum absolute atomic E-state index is 12.4. The topological polar surface area (TPSA) is 69.5 Å². The summed E-state index contributed by atoms with van der Waals surface area (Å²) in [6, 6.07) is 22.7. The van der Waals surface area contributed by atoms with Crippen LogP contribution in [0.15, 0.2) is 60.7 Å². The molecule has 1 saturated carbocycles. The lowest BCUT2D eigenvalue weighted by Gasteiger charge is -2.23. The Morgan fingerprint density at radius 1 is 1.16 bits per heavy atom. The van der Waals surface area contributed by atoms with Crippen molar-refractivity contribution >= 4 is 5.91 Å². The highest BCUT2D eigenvalue weighted by atomic mass is 16.2. The normalized spacial score (nSPS) is 16.0. The van der Waals surface area contributed by atoms with Gasteiger partial charge in [0.1, 0.15) is 11.6 Å². The average molecular weight is 334 g/mol. The summed E-state index contributed by atoms with van der Waals surface area (Å²) in [5.41, 5.74) is 1.58. The number of nitrogens with two attached hydrogens (primary N) is 1. The summed E-state index contributed by atoms with van der Waals surface area (Å²) in [4.78, 5) is 12.4. The molecular weight excluding hydrogens is 310 g/mol. The second-order valence-corrected chi connectivity index (χ2v) is 6.88. The first-order valence-corrected chi connectivity index (χ1v) is 8.78. The molecule has 0 unspecified atom stereocenters. The predicted octanol–water partition coefficient (Wildman–Crippen LogP) is 2.15. The van der Waals surface area contributed by atoms with E-state index in [1.54, 1.807) is 0 Å². The SMILES string of the molecule is C[C@](C#N)(NC(=O)C[NH2+]C(c1ccccc1)c1ccccc1)C1CC1. The second-order valence-electron chi connectivity index (χ2n) is 6.88. The van der Waals surface area contributed by atoms with Crippen molar-refractivity contribution in [2.45, 2.75) is 31.3 Å². The van der Waals surface area contributed by atoms with Crippen LogP contribution in [0, 0.1) is 17.2 Å². The second kappa shape index (κ2) is 7.50. The minimum Gasteiger partial charge on any atom is -0.333 e. The van der Waals surface area contributed by atoms with E-state index in [1.165, 1.54) is 0 Å². The number of carbonyl (C=O) groups is 1. The Morgan fingerprint density at radius 3 is 2.12 bits per heavy atom. The van der Waals surface area contributed by atoms with E-state index in [0.717, 1.165) is 24.0 Å². The third kappa shape index (κ3) is 4.26. The van der Waals surface area contributed by atoms with Crippen molar-refractivity contribution in [1.29, 1.82) is 5.26 Å². The molecule has 0 heterocycles. The van der Waals surface area contributed by atoms with Gasteiger partial charge < -0.3 is 10.6 Å². The highest BCUT2D eigenvalue weighted by Crippen LogP contribution is 2.39. The van der Waals surface area contributed by atoms with E-state index in [0.29, 0.717) is 12.5 Å². The summed E-state index contributed by atoms with van der Waals surface area (Å²) in [6.45, 7) is 2.12. The molecule has 0 aliphatic heterocycles. The highest BCUT2D eigenvalue weighted by molar-refractivity contribution is 5.78. The smallest absolute Gasteiger partial charge is 0.276 e. The number of benzene rings is 2. The van der Waals surface area contributed by atoms with E-state index in [-0.39, 0.29) is 11.9 Å². The lowest BCUT2D eigenvalue weighted by Crippen LogP contribution is -2.88. The summed E-state index contributed by atoms with van der Waals surface area (Å²) in [5.74, 6) is 0.202. The molecule has 128 valence electrons. The van der Waals surface area contributed by atoms with E-state index in [4.69, 9.17) is 0 Å². The number of rotatable bonds is 7. The largest absolute Gasteiger partial charge is 0.333 e. The standard InChI is InChI=1S/C21H23N3O/c1-21(15-22,18-12-13-18)24-19(25)14-23-20(16-8-4-2-5-9-16)17-10-6-3-7-11-17/h2-11,18,20,23H,12-14H2,1H3,(H,24,25)/p+1/t21-/m1/s1. The van der Waals surface area contributed by atoms with E-state index in [2.05, 4.69) is 35.7 Å².